The Balaban J connectivity index is 1.98. The number of carbonyl (C=O) groups is 3. The second-order valence-corrected chi connectivity index (χ2v) is 8.01. The fraction of sp³-hybridized carbons (Fsp3) is 0.533. The van der Waals surface area contributed by atoms with Crippen molar-refractivity contribution < 1.29 is 24.2 Å². The van der Waals surface area contributed by atoms with Gasteiger partial charge >= 0.3 is 5.97 Å². The van der Waals surface area contributed by atoms with Crippen molar-refractivity contribution in [1.82, 2.24) is 10.2 Å². The zero-order valence-corrected chi connectivity index (χ0v) is 15.6. The van der Waals surface area contributed by atoms with Gasteiger partial charge in [-0.2, -0.15) is 0 Å². The van der Waals surface area contributed by atoms with Crippen molar-refractivity contribution in [2.75, 3.05) is 19.7 Å². The van der Waals surface area contributed by atoms with Crippen LogP contribution < -0.4 is 5.32 Å². The van der Waals surface area contributed by atoms with Crippen LogP contribution in [0.15, 0.2) is 15.9 Å². The van der Waals surface area contributed by atoms with Gasteiger partial charge in [-0.05, 0) is 47.8 Å². The van der Waals surface area contributed by atoms with Crippen molar-refractivity contribution >= 4 is 45.1 Å². The van der Waals surface area contributed by atoms with E-state index >= 15 is 0 Å². The predicted molar refractivity (Wildman–Crippen MR) is 92.1 cm³/mol. The van der Waals surface area contributed by atoms with Gasteiger partial charge < -0.3 is 20.1 Å². The summed E-state index contributed by atoms with van der Waals surface area (Å²) in [5.74, 6) is -1.89. The topological polar surface area (TPSA) is 95.9 Å². The Kier molecular flexibility index (Phi) is 6.76. The van der Waals surface area contributed by atoms with Crippen LogP contribution in [0.3, 0.4) is 0 Å². The fourth-order valence-electron chi connectivity index (χ4n) is 2.47. The maximum Gasteiger partial charge on any atom is 0.323 e. The third-order valence-electron chi connectivity index (χ3n) is 3.60. The second-order valence-electron chi connectivity index (χ2n) is 5.55. The van der Waals surface area contributed by atoms with Crippen molar-refractivity contribution in [3.63, 3.8) is 0 Å². The van der Waals surface area contributed by atoms with E-state index in [1.807, 2.05) is 0 Å². The highest BCUT2D eigenvalue weighted by Crippen LogP contribution is 2.22. The van der Waals surface area contributed by atoms with E-state index in [0.29, 0.717) is 11.5 Å². The molecule has 0 aromatic carbocycles. The second kappa shape index (κ2) is 8.59. The molecule has 2 atom stereocenters. The van der Waals surface area contributed by atoms with Crippen LogP contribution in [0.25, 0.3) is 0 Å². The minimum Gasteiger partial charge on any atom is -0.480 e. The summed E-state index contributed by atoms with van der Waals surface area (Å²) in [6.07, 6.45) is 1.55. The fourth-order valence-corrected chi connectivity index (χ4v) is 3.76. The van der Waals surface area contributed by atoms with E-state index in [9.17, 15) is 14.4 Å². The molecule has 2 N–H and O–H groups in total. The first-order valence-electron chi connectivity index (χ1n) is 7.55. The largest absolute Gasteiger partial charge is 0.480 e. The Morgan fingerprint density at radius 3 is 2.79 bits per heavy atom. The molecule has 1 aliphatic rings. The van der Waals surface area contributed by atoms with Gasteiger partial charge in [-0.3, -0.25) is 14.4 Å². The number of nitrogens with zero attached hydrogens (tertiary/aromatic N) is 1. The van der Waals surface area contributed by atoms with Crippen LogP contribution in [-0.2, 0) is 14.3 Å². The number of halogens is 1. The third kappa shape index (κ3) is 5.29. The molecule has 1 aliphatic heterocycles. The Labute approximate surface area is 152 Å². The third-order valence-corrected chi connectivity index (χ3v) is 5.22. The molecule has 0 spiro atoms. The molecule has 0 radical (unpaired) electrons. The monoisotopic (exact) mass is 418 g/mol. The summed E-state index contributed by atoms with van der Waals surface area (Å²) >= 11 is 4.54. The summed E-state index contributed by atoms with van der Waals surface area (Å²) in [5, 5.41) is 11.6. The first-order valence-corrected chi connectivity index (χ1v) is 9.16. The smallest absolute Gasteiger partial charge is 0.323 e. The van der Waals surface area contributed by atoms with E-state index in [-0.39, 0.29) is 18.6 Å². The summed E-state index contributed by atoms with van der Waals surface area (Å²) in [7, 11) is 0. The van der Waals surface area contributed by atoms with E-state index in [4.69, 9.17) is 9.84 Å². The lowest BCUT2D eigenvalue weighted by Crippen LogP contribution is -2.50. The number of amides is 2. The van der Waals surface area contributed by atoms with E-state index in [1.165, 1.54) is 16.2 Å². The standard InChI is InChI=1S/C15H19BrN2O5S/c1-9(17-14(21)11-4-5-12(16)24-11)15(22)18(8-13(19)20)7-10-3-2-6-23-10/h4-5,9-10H,2-3,6-8H2,1H3,(H,17,21)(H,19,20)/t9-,10-/m1/s1. The first kappa shape index (κ1) is 18.9. The van der Waals surface area contributed by atoms with Gasteiger partial charge in [0.15, 0.2) is 0 Å². The minimum absolute atomic E-state index is 0.149. The molecule has 1 fully saturated rings. The highest BCUT2D eigenvalue weighted by molar-refractivity contribution is 9.11. The van der Waals surface area contributed by atoms with Gasteiger partial charge in [-0.25, -0.2) is 0 Å². The molecule has 1 aromatic heterocycles. The van der Waals surface area contributed by atoms with E-state index in [1.54, 1.807) is 19.1 Å². The van der Waals surface area contributed by atoms with Crippen molar-refractivity contribution in [3.8, 4) is 0 Å². The highest BCUT2D eigenvalue weighted by atomic mass is 79.9. The summed E-state index contributed by atoms with van der Waals surface area (Å²) in [5.41, 5.74) is 0. The summed E-state index contributed by atoms with van der Waals surface area (Å²) in [6, 6.07) is 2.59. The minimum atomic E-state index is -1.10. The lowest BCUT2D eigenvalue weighted by molar-refractivity contribution is -0.146. The number of carboxylic acid groups (broad SMARTS) is 1. The first-order chi connectivity index (χ1) is 11.4. The van der Waals surface area contributed by atoms with Crippen molar-refractivity contribution in [2.45, 2.75) is 31.9 Å². The molecule has 2 amide bonds. The van der Waals surface area contributed by atoms with E-state index < -0.39 is 24.5 Å². The van der Waals surface area contributed by atoms with Crippen molar-refractivity contribution in [2.24, 2.45) is 0 Å². The van der Waals surface area contributed by atoms with Crippen LogP contribution in [0.1, 0.15) is 29.4 Å². The number of thiophene rings is 1. The van der Waals surface area contributed by atoms with Gasteiger partial charge in [-0.1, -0.05) is 0 Å². The number of carboxylic acids is 1. The van der Waals surface area contributed by atoms with Gasteiger partial charge in [0.25, 0.3) is 5.91 Å². The molecule has 1 saturated heterocycles. The number of hydrogen-bond acceptors (Lipinski definition) is 5. The average molecular weight is 419 g/mol. The van der Waals surface area contributed by atoms with Crippen LogP contribution in [0.2, 0.25) is 0 Å². The van der Waals surface area contributed by atoms with Crippen LogP contribution in [0, 0.1) is 0 Å². The highest BCUT2D eigenvalue weighted by Gasteiger charge is 2.28. The molecule has 24 heavy (non-hydrogen) atoms. The van der Waals surface area contributed by atoms with Crippen LogP contribution in [-0.4, -0.2) is 59.6 Å². The van der Waals surface area contributed by atoms with Crippen LogP contribution >= 0.6 is 27.3 Å². The molecule has 0 aliphatic carbocycles. The number of carbonyl (C=O) groups excluding carboxylic acids is 2. The van der Waals surface area contributed by atoms with Gasteiger partial charge in [0.2, 0.25) is 5.91 Å². The number of nitrogens with one attached hydrogen (secondary N) is 1. The average Bonchev–Trinajstić information content (AvgIpc) is 3.16. The van der Waals surface area contributed by atoms with E-state index in [2.05, 4.69) is 21.2 Å². The predicted octanol–water partition coefficient (Wildman–Crippen LogP) is 1.72. The SMILES string of the molecule is C[C@@H](NC(=O)c1ccc(Br)s1)C(=O)N(CC(=O)O)C[C@H]1CCCO1. The molecule has 1 aromatic rings. The molecule has 2 heterocycles. The summed E-state index contributed by atoms with van der Waals surface area (Å²) < 4.78 is 6.29. The molecular formula is C15H19BrN2O5S. The maximum absolute atomic E-state index is 12.5. The maximum atomic E-state index is 12.5. The van der Waals surface area contributed by atoms with Crippen molar-refractivity contribution in [1.29, 1.82) is 0 Å². The van der Waals surface area contributed by atoms with Gasteiger partial charge in [0, 0.05) is 13.2 Å². The van der Waals surface area contributed by atoms with Gasteiger partial charge in [0.1, 0.15) is 12.6 Å². The Morgan fingerprint density at radius 1 is 1.50 bits per heavy atom. The number of hydrogen-bond donors (Lipinski definition) is 2. The zero-order chi connectivity index (χ0) is 17.7. The Morgan fingerprint density at radius 2 is 2.25 bits per heavy atom. The molecule has 9 heteroatoms. The van der Waals surface area contributed by atoms with Crippen LogP contribution in [0.5, 0.6) is 0 Å². The lowest BCUT2D eigenvalue weighted by Gasteiger charge is -2.26. The normalized spacial score (nSPS) is 18.2. The molecule has 2 rings (SSSR count). The summed E-state index contributed by atoms with van der Waals surface area (Å²) in [6.45, 7) is 1.98. The molecule has 132 valence electrons. The quantitative estimate of drug-likeness (QED) is 0.702. The number of ether oxygens (including phenoxy) is 1. The molecule has 7 nitrogen and oxygen atoms in total. The number of rotatable bonds is 7. The van der Waals surface area contributed by atoms with Crippen molar-refractivity contribution in [3.05, 3.63) is 20.8 Å². The Bertz CT molecular complexity index is 615. The van der Waals surface area contributed by atoms with Crippen LogP contribution in [0.4, 0.5) is 0 Å². The Hall–Kier alpha value is -1.45. The molecular weight excluding hydrogens is 400 g/mol. The lowest BCUT2D eigenvalue weighted by atomic mass is 10.2. The van der Waals surface area contributed by atoms with E-state index in [0.717, 1.165) is 16.6 Å². The summed E-state index contributed by atoms with van der Waals surface area (Å²) in [4.78, 5) is 37.4. The molecule has 0 unspecified atom stereocenters. The van der Waals surface area contributed by atoms with Gasteiger partial charge in [-0.15, -0.1) is 11.3 Å². The molecule has 0 saturated carbocycles. The number of aliphatic carboxylic acids is 1. The molecule has 0 bridgehead atoms. The zero-order valence-electron chi connectivity index (χ0n) is 13.2. The van der Waals surface area contributed by atoms with Gasteiger partial charge in [0.05, 0.1) is 14.8 Å².